The van der Waals surface area contributed by atoms with Gasteiger partial charge in [0.15, 0.2) is 0 Å². The Balaban J connectivity index is 1.49. The van der Waals surface area contributed by atoms with Crippen molar-refractivity contribution >= 4 is 34.3 Å². The molecule has 0 saturated carbocycles. The Bertz CT molecular complexity index is 981. The van der Waals surface area contributed by atoms with Crippen molar-refractivity contribution in [2.24, 2.45) is 0 Å². The molecule has 1 aliphatic rings. The van der Waals surface area contributed by atoms with Gasteiger partial charge in [-0.05, 0) is 35.7 Å². The molecule has 2 aromatic carbocycles. The molecular weight excluding hydrogens is 462 g/mol. The smallest absolute Gasteiger partial charge is 0.335 e. The van der Waals surface area contributed by atoms with E-state index < -0.39 is 16.8 Å². The van der Waals surface area contributed by atoms with E-state index in [-0.39, 0.29) is 34.9 Å². The number of carboxylic acid groups (broad SMARTS) is 1. The summed E-state index contributed by atoms with van der Waals surface area (Å²) < 4.78 is 18.7. The van der Waals surface area contributed by atoms with Crippen molar-refractivity contribution in [2.45, 2.75) is 49.7 Å². The molecule has 8 heteroatoms. The largest absolute Gasteiger partial charge is 0.478 e. The fraction of sp³-hybridized carbons (Fsp3) is 0.440. The highest BCUT2D eigenvalue weighted by atomic mass is 35.5. The number of nitrogens with zero attached hydrogens (tertiary/aromatic N) is 1. The fourth-order valence-electron chi connectivity index (χ4n) is 3.91. The Labute approximate surface area is 202 Å². The highest BCUT2D eigenvalue weighted by molar-refractivity contribution is 7.84. The lowest BCUT2D eigenvalue weighted by atomic mass is 9.94. The van der Waals surface area contributed by atoms with Crippen LogP contribution in [-0.4, -0.2) is 51.2 Å². The Morgan fingerprint density at radius 1 is 1.24 bits per heavy atom. The van der Waals surface area contributed by atoms with E-state index in [2.05, 4.69) is 6.92 Å². The van der Waals surface area contributed by atoms with Gasteiger partial charge in [0, 0.05) is 28.3 Å². The molecule has 3 atom stereocenters. The molecule has 0 unspecified atom stereocenters. The predicted molar refractivity (Wildman–Crippen MR) is 130 cm³/mol. The normalized spacial score (nSPS) is 17.5. The third-order valence-corrected chi connectivity index (χ3v) is 7.87. The number of β-lactam (4-membered cyclic amide) rings is 1. The van der Waals surface area contributed by atoms with Crippen molar-refractivity contribution in [3.63, 3.8) is 0 Å². The average Bonchev–Trinajstić information content (AvgIpc) is 2.80. The Morgan fingerprint density at radius 2 is 1.97 bits per heavy atom. The first-order valence-electron chi connectivity index (χ1n) is 11.2. The standard InChI is InChI=1S/C25H30ClNO5S/c1-2-3-6-20(21-7-4-5-8-22(21)26)16-32-14-13-27-23(28)15-24(27)33(31)17-18-9-11-19(12-10-18)25(29)30/h4-5,7-12,20,24H,2-3,6,13-17H2,1H3,(H,29,30)/t20-,24-,33-/m0/s1. The first-order chi connectivity index (χ1) is 15.9. The maximum absolute atomic E-state index is 12.8. The molecule has 178 valence electrons. The first-order valence-corrected chi connectivity index (χ1v) is 13.0. The van der Waals surface area contributed by atoms with E-state index in [1.54, 1.807) is 17.0 Å². The molecule has 1 heterocycles. The third kappa shape index (κ3) is 6.88. The summed E-state index contributed by atoms with van der Waals surface area (Å²) in [5.74, 6) is -0.540. The average molecular weight is 492 g/mol. The van der Waals surface area contributed by atoms with Gasteiger partial charge < -0.3 is 14.7 Å². The number of benzene rings is 2. The van der Waals surface area contributed by atoms with Crippen LogP contribution in [0.1, 0.15) is 60.0 Å². The zero-order valence-corrected chi connectivity index (χ0v) is 20.3. The number of aromatic carboxylic acids is 1. The van der Waals surface area contributed by atoms with Crippen molar-refractivity contribution in [2.75, 3.05) is 19.8 Å². The predicted octanol–water partition coefficient (Wildman–Crippen LogP) is 4.84. The summed E-state index contributed by atoms with van der Waals surface area (Å²) in [6.07, 6.45) is 3.42. The van der Waals surface area contributed by atoms with E-state index in [4.69, 9.17) is 21.4 Å². The number of carbonyl (C=O) groups excluding carboxylic acids is 1. The maximum Gasteiger partial charge on any atom is 0.335 e. The topological polar surface area (TPSA) is 83.9 Å². The summed E-state index contributed by atoms with van der Waals surface area (Å²) >= 11 is 6.39. The second-order valence-electron chi connectivity index (χ2n) is 8.21. The molecule has 1 amide bonds. The molecule has 0 radical (unpaired) electrons. The van der Waals surface area contributed by atoms with Crippen molar-refractivity contribution in [3.8, 4) is 0 Å². The maximum atomic E-state index is 12.8. The van der Waals surface area contributed by atoms with Gasteiger partial charge in [-0.1, -0.05) is 61.7 Å². The van der Waals surface area contributed by atoms with Crippen LogP contribution < -0.4 is 0 Å². The number of ether oxygens (including phenoxy) is 1. The number of hydrogen-bond donors (Lipinski definition) is 1. The molecule has 6 nitrogen and oxygen atoms in total. The monoisotopic (exact) mass is 491 g/mol. The summed E-state index contributed by atoms with van der Waals surface area (Å²) in [6.45, 7) is 3.45. The van der Waals surface area contributed by atoms with Crippen LogP contribution >= 0.6 is 11.6 Å². The SMILES string of the molecule is CCCC[C@@H](COCCN1C(=O)C[C@@H]1[S@@](=O)Cc1ccc(C(=O)O)cc1)c1ccccc1Cl. The van der Waals surface area contributed by atoms with E-state index in [0.29, 0.717) is 19.8 Å². The van der Waals surface area contributed by atoms with Crippen LogP contribution in [-0.2, 0) is 26.1 Å². The lowest BCUT2D eigenvalue weighted by Gasteiger charge is -2.39. The van der Waals surface area contributed by atoms with Crippen LogP contribution in [0.15, 0.2) is 48.5 Å². The lowest BCUT2D eigenvalue weighted by molar-refractivity contribution is -0.142. The summed E-state index contributed by atoms with van der Waals surface area (Å²) in [7, 11) is -1.26. The molecule has 2 aromatic rings. The second-order valence-corrected chi connectivity index (χ2v) is 10.2. The van der Waals surface area contributed by atoms with Gasteiger partial charge in [-0.3, -0.25) is 9.00 Å². The molecule has 0 aliphatic carbocycles. The molecule has 1 saturated heterocycles. The van der Waals surface area contributed by atoms with Gasteiger partial charge in [0.05, 0.1) is 31.0 Å². The zero-order chi connectivity index (χ0) is 23.8. The third-order valence-electron chi connectivity index (χ3n) is 5.88. The minimum atomic E-state index is -1.26. The quantitative estimate of drug-likeness (QED) is 0.320. The van der Waals surface area contributed by atoms with E-state index in [0.717, 1.165) is 35.4 Å². The highest BCUT2D eigenvalue weighted by Crippen LogP contribution is 2.29. The molecule has 0 bridgehead atoms. The molecule has 1 N–H and O–H groups in total. The number of halogens is 1. The number of rotatable bonds is 13. The van der Waals surface area contributed by atoms with Gasteiger partial charge in [-0.15, -0.1) is 0 Å². The van der Waals surface area contributed by atoms with E-state index >= 15 is 0 Å². The summed E-state index contributed by atoms with van der Waals surface area (Å²) in [6, 6.07) is 14.2. The molecule has 33 heavy (non-hydrogen) atoms. The Kier molecular flexibility index (Phi) is 9.47. The van der Waals surface area contributed by atoms with Gasteiger partial charge in [-0.2, -0.15) is 0 Å². The summed E-state index contributed by atoms with van der Waals surface area (Å²) in [4.78, 5) is 24.7. The van der Waals surface area contributed by atoms with E-state index in [9.17, 15) is 13.8 Å². The van der Waals surface area contributed by atoms with Gasteiger partial charge in [0.25, 0.3) is 0 Å². The fourth-order valence-corrected chi connectivity index (χ4v) is 5.75. The van der Waals surface area contributed by atoms with Crippen molar-refractivity contribution < 1.29 is 23.6 Å². The minimum Gasteiger partial charge on any atom is -0.478 e. The molecular formula is C25H30ClNO5S. The van der Waals surface area contributed by atoms with E-state index in [1.807, 2.05) is 24.3 Å². The van der Waals surface area contributed by atoms with Crippen LogP contribution in [0.5, 0.6) is 0 Å². The van der Waals surface area contributed by atoms with Crippen LogP contribution in [0.3, 0.4) is 0 Å². The van der Waals surface area contributed by atoms with Crippen molar-refractivity contribution in [1.29, 1.82) is 0 Å². The lowest BCUT2D eigenvalue weighted by Crippen LogP contribution is -2.55. The molecule has 3 rings (SSSR count). The number of unbranched alkanes of at least 4 members (excludes halogenated alkanes) is 1. The Morgan fingerprint density at radius 3 is 2.61 bits per heavy atom. The van der Waals surface area contributed by atoms with E-state index in [1.165, 1.54) is 12.1 Å². The highest BCUT2D eigenvalue weighted by Gasteiger charge is 2.39. The zero-order valence-electron chi connectivity index (χ0n) is 18.7. The van der Waals surface area contributed by atoms with Crippen molar-refractivity contribution in [3.05, 3.63) is 70.2 Å². The number of carboxylic acids is 1. The first kappa shape index (κ1) is 25.4. The number of likely N-dealkylation sites (tertiary alicyclic amines) is 1. The molecule has 1 aliphatic heterocycles. The number of amides is 1. The van der Waals surface area contributed by atoms with Crippen LogP contribution in [0, 0.1) is 0 Å². The second kappa shape index (κ2) is 12.3. The minimum absolute atomic E-state index is 0.0215. The molecule has 0 spiro atoms. The van der Waals surface area contributed by atoms with Gasteiger partial charge in [0.2, 0.25) is 5.91 Å². The van der Waals surface area contributed by atoms with Gasteiger partial charge in [0.1, 0.15) is 5.37 Å². The molecule has 1 fully saturated rings. The van der Waals surface area contributed by atoms with Crippen molar-refractivity contribution in [1.82, 2.24) is 4.90 Å². The number of carbonyl (C=O) groups is 2. The van der Waals surface area contributed by atoms with Crippen LogP contribution in [0.2, 0.25) is 5.02 Å². The van der Waals surface area contributed by atoms with Gasteiger partial charge in [-0.25, -0.2) is 4.79 Å². The van der Waals surface area contributed by atoms with Crippen LogP contribution in [0.25, 0.3) is 0 Å². The summed E-state index contributed by atoms with van der Waals surface area (Å²) in [5.41, 5.74) is 2.06. The molecule has 0 aromatic heterocycles. The summed E-state index contributed by atoms with van der Waals surface area (Å²) in [5, 5.41) is 9.40. The van der Waals surface area contributed by atoms with Gasteiger partial charge >= 0.3 is 5.97 Å². The van der Waals surface area contributed by atoms with Crippen LogP contribution in [0.4, 0.5) is 0 Å². The number of hydrogen-bond acceptors (Lipinski definition) is 4. The Hall–Kier alpha value is -2.22.